The van der Waals surface area contributed by atoms with Gasteiger partial charge in [0.2, 0.25) is 0 Å². The van der Waals surface area contributed by atoms with Crippen LogP contribution >= 0.6 is 33.9 Å². The van der Waals surface area contributed by atoms with Gasteiger partial charge < -0.3 is 5.32 Å². The number of hydrogen-bond donors (Lipinski definition) is 1. The van der Waals surface area contributed by atoms with Crippen LogP contribution in [0.15, 0.2) is 23.8 Å². The lowest BCUT2D eigenvalue weighted by atomic mass is 10.0. The zero-order chi connectivity index (χ0) is 12.3. The average Bonchev–Trinajstić information content (AvgIpc) is 2.87. The predicted molar refractivity (Wildman–Crippen MR) is 80.4 cm³/mol. The molecule has 0 saturated carbocycles. The SMILES string of the molecule is CCNC(Cc1cnn(C)c1)c1csc(I)c1. The number of halogens is 1. The van der Waals surface area contributed by atoms with Crippen molar-refractivity contribution in [2.75, 3.05) is 6.54 Å². The van der Waals surface area contributed by atoms with E-state index in [9.17, 15) is 0 Å². The van der Waals surface area contributed by atoms with Crippen molar-refractivity contribution in [3.63, 3.8) is 0 Å². The highest BCUT2D eigenvalue weighted by Gasteiger charge is 2.13. The summed E-state index contributed by atoms with van der Waals surface area (Å²) in [5.74, 6) is 0. The second-order valence-electron chi connectivity index (χ2n) is 4.02. The standard InChI is InChI=1S/C12H16IN3S/c1-3-14-11(10-5-12(13)17-8-10)4-9-6-15-16(2)7-9/h5-8,11,14H,3-4H2,1-2H3. The summed E-state index contributed by atoms with van der Waals surface area (Å²) >= 11 is 4.17. The molecule has 0 aliphatic rings. The molecule has 3 nitrogen and oxygen atoms in total. The molecule has 0 radical (unpaired) electrons. The molecule has 0 spiro atoms. The van der Waals surface area contributed by atoms with E-state index in [0.29, 0.717) is 6.04 Å². The van der Waals surface area contributed by atoms with E-state index < -0.39 is 0 Å². The van der Waals surface area contributed by atoms with E-state index in [2.05, 4.69) is 57.6 Å². The second-order valence-corrected chi connectivity index (χ2v) is 6.83. The Morgan fingerprint density at radius 2 is 2.41 bits per heavy atom. The maximum Gasteiger partial charge on any atom is 0.0656 e. The molecule has 5 heteroatoms. The zero-order valence-electron chi connectivity index (χ0n) is 9.98. The van der Waals surface area contributed by atoms with Gasteiger partial charge in [-0.3, -0.25) is 4.68 Å². The molecule has 17 heavy (non-hydrogen) atoms. The van der Waals surface area contributed by atoms with Gasteiger partial charge in [-0.25, -0.2) is 0 Å². The summed E-state index contributed by atoms with van der Waals surface area (Å²) in [6.45, 7) is 3.13. The van der Waals surface area contributed by atoms with Gasteiger partial charge in [0.15, 0.2) is 0 Å². The third-order valence-electron chi connectivity index (χ3n) is 2.64. The van der Waals surface area contributed by atoms with Crippen LogP contribution in [0, 0.1) is 2.88 Å². The van der Waals surface area contributed by atoms with E-state index >= 15 is 0 Å². The van der Waals surface area contributed by atoms with Crippen molar-refractivity contribution in [3.05, 3.63) is 37.9 Å². The monoisotopic (exact) mass is 361 g/mol. The van der Waals surface area contributed by atoms with Crippen LogP contribution in [0.4, 0.5) is 0 Å². The van der Waals surface area contributed by atoms with Crippen LogP contribution in [-0.2, 0) is 13.5 Å². The molecule has 0 aliphatic heterocycles. The molecule has 1 N–H and O–H groups in total. The van der Waals surface area contributed by atoms with E-state index in [1.165, 1.54) is 14.0 Å². The van der Waals surface area contributed by atoms with Gasteiger partial charge in [0.05, 0.1) is 9.08 Å². The first-order valence-corrected chi connectivity index (χ1v) is 7.59. The summed E-state index contributed by atoms with van der Waals surface area (Å²) in [6.07, 6.45) is 5.03. The Hall–Kier alpha value is -0.400. The van der Waals surface area contributed by atoms with E-state index in [1.54, 1.807) is 11.3 Å². The van der Waals surface area contributed by atoms with Crippen LogP contribution < -0.4 is 5.32 Å². The number of aryl methyl sites for hydroxylation is 1. The molecule has 2 aromatic heterocycles. The Morgan fingerprint density at radius 1 is 1.59 bits per heavy atom. The van der Waals surface area contributed by atoms with Crippen molar-refractivity contribution >= 4 is 33.9 Å². The first-order chi connectivity index (χ1) is 8.19. The van der Waals surface area contributed by atoms with Crippen molar-refractivity contribution in [1.29, 1.82) is 0 Å². The maximum atomic E-state index is 4.22. The summed E-state index contributed by atoms with van der Waals surface area (Å²) in [7, 11) is 1.96. The highest BCUT2D eigenvalue weighted by Crippen LogP contribution is 2.24. The number of nitrogens with zero attached hydrogens (tertiary/aromatic N) is 2. The molecule has 1 atom stereocenters. The largest absolute Gasteiger partial charge is 0.310 e. The molecule has 92 valence electrons. The smallest absolute Gasteiger partial charge is 0.0656 e. The molecule has 2 aromatic rings. The normalized spacial score (nSPS) is 12.9. The van der Waals surface area contributed by atoms with Gasteiger partial charge in [-0.05, 0) is 58.1 Å². The van der Waals surface area contributed by atoms with Crippen LogP contribution in [0.25, 0.3) is 0 Å². The van der Waals surface area contributed by atoms with Gasteiger partial charge in [0.1, 0.15) is 0 Å². The van der Waals surface area contributed by atoms with E-state index in [-0.39, 0.29) is 0 Å². The quantitative estimate of drug-likeness (QED) is 0.830. The fourth-order valence-corrected chi connectivity index (χ4v) is 3.30. The minimum atomic E-state index is 0.393. The number of thiophene rings is 1. The third kappa shape index (κ3) is 3.53. The highest BCUT2D eigenvalue weighted by atomic mass is 127. The number of hydrogen-bond acceptors (Lipinski definition) is 3. The average molecular weight is 361 g/mol. The number of likely N-dealkylation sites (N-methyl/N-ethyl adjacent to an activating group) is 1. The van der Waals surface area contributed by atoms with Gasteiger partial charge in [-0.2, -0.15) is 5.10 Å². The first-order valence-electron chi connectivity index (χ1n) is 5.64. The lowest BCUT2D eigenvalue weighted by molar-refractivity contribution is 0.551. The minimum Gasteiger partial charge on any atom is -0.310 e. The molecule has 0 bridgehead atoms. The fourth-order valence-electron chi connectivity index (χ4n) is 1.87. The molecular formula is C12H16IN3S. The maximum absolute atomic E-state index is 4.22. The summed E-state index contributed by atoms with van der Waals surface area (Å²) in [4.78, 5) is 0. The van der Waals surface area contributed by atoms with Crippen LogP contribution in [0.3, 0.4) is 0 Å². The zero-order valence-corrected chi connectivity index (χ0v) is 13.0. The number of nitrogens with one attached hydrogen (secondary N) is 1. The highest BCUT2D eigenvalue weighted by molar-refractivity contribution is 14.1. The summed E-state index contributed by atoms with van der Waals surface area (Å²) < 4.78 is 3.20. The molecule has 0 fully saturated rings. The molecule has 0 saturated heterocycles. The molecular weight excluding hydrogens is 345 g/mol. The molecule has 2 rings (SSSR count). The van der Waals surface area contributed by atoms with Crippen LogP contribution in [0.2, 0.25) is 0 Å². The number of aromatic nitrogens is 2. The van der Waals surface area contributed by atoms with Gasteiger partial charge in [0.25, 0.3) is 0 Å². The fraction of sp³-hybridized carbons (Fsp3) is 0.417. The molecule has 2 heterocycles. The summed E-state index contributed by atoms with van der Waals surface area (Å²) in [5.41, 5.74) is 2.66. The topological polar surface area (TPSA) is 29.9 Å². The Morgan fingerprint density at radius 3 is 2.94 bits per heavy atom. The molecule has 0 aliphatic carbocycles. The van der Waals surface area contributed by atoms with E-state index in [4.69, 9.17) is 0 Å². The minimum absolute atomic E-state index is 0.393. The van der Waals surface area contributed by atoms with E-state index in [1.807, 2.05) is 17.9 Å². The Kier molecular flexibility index (Phi) is 4.58. The number of rotatable bonds is 5. The van der Waals surface area contributed by atoms with Gasteiger partial charge >= 0.3 is 0 Å². The first kappa shape index (κ1) is 13.0. The van der Waals surface area contributed by atoms with Crippen LogP contribution in [0.1, 0.15) is 24.1 Å². The van der Waals surface area contributed by atoms with Gasteiger partial charge in [-0.15, -0.1) is 11.3 Å². The van der Waals surface area contributed by atoms with Gasteiger partial charge in [0, 0.05) is 19.3 Å². The molecule has 1 unspecified atom stereocenters. The van der Waals surface area contributed by atoms with Crippen molar-refractivity contribution in [1.82, 2.24) is 15.1 Å². The van der Waals surface area contributed by atoms with E-state index in [0.717, 1.165) is 13.0 Å². The lowest BCUT2D eigenvalue weighted by Crippen LogP contribution is -2.22. The van der Waals surface area contributed by atoms with Crippen molar-refractivity contribution in [2.45, 2.75) is 19.4 Å². The van der Waals surface area contributed by atoms with Gasteiger partial charge in [-0.1, -0.05) is 6.92 Å². The molecule has 0 aromatic carbocycles. The Balaban J connectivity index is 2.12. The molecule has 0 amide bonds. The Labute approximate surface area is 119 Å². The third-order valence-corrected chi connectivity index (χ3v) is 4.45. The van der Waals surface area contributed by atoms with Crippen LogP contribution in [-0.4, -0.2) is 16.3 Å². The van der Waals surface area contributed by atoms with Crippen molar-refractivity contribution < 1.29 is 0 Å². The summed E-state index contributed by atoms with van der Waals surface area (Å²) in [5, 5.41) is 10.00. The summed E-state index contributed by atoms with van der Waals surface area (Å²) in [6, 6.07) is 2.65. The van der Waals surface area contributed by atoms with Crippen molar-refractivity contribution in [3.8, 4) is 0 Å². The second kappa shape index (κ2) is 5.97. The lowest BCUT2D eigenvalue weighted by Gasteiger charge is -2.15. The van der Waals surface area contributed by atoms with Crippen molar-refractivity contribution in [2.24, 2.45) is 7.05 Å². The Bertz CT molecular complexity index is 478. The predicted octanol–water partition coefficient (Wildman–Crippen LogP) is 2.98. The van der Waals surface area contributed by atoms with Crippen LogP contribution in [0.5, 0.6) is 0 Å².